The van der Waals surface area contributed by atoms with Crippen LogP contribution in [0.25, 0.3) is 11.5 Å². The molecular formula is C12H11NO3. The summed E-state index contributed by atoms with van der Waals surface area (Å²) in [5, 5.41) is 8.73. The van der Waals surface area contributed by atoms with Crippen molar-refractivity contribution in [3.63, 3.8) is 0 Å². The Bertz CT molecular complexity index is 523. The summed E-state index contributed by atoms with van der Waals surface area (Å²) in [4.78, 5) is 14.6. The zero-order valence-corrected chi connectivity index (χ0v) is 9.02. The van der Waals surface area contributed by atoms with Crippen molar-refractivity contribution in [2.75, 3.05) is 0 Å². The van der Waals surface area contributed by atoms with Gasteiger partial charge < -0.3 is 9.52 Å². The molecule has 0 unspecified atom stereocenters. The van der Waals surface area contributed by atoms with Gasteiger partial charge in [0.25, 0.3) is 0 Å². The normalized spacial score (nSPS) is 10.4. The third-order valence-electron chi connectivity index (χ3n) is 2.19. The summed E-state index contributed by atoms with van der Waals surface area (Å²) in [5.74, 6) is -0.747. The molecule has 0 saturated carbocycles. The summed E-state index contributed by atoms with van der Waals surface area (Å²) in [5.41, 5.74) is 2.90. The fraction of sp³-hybridized carbons (Fsp3) is 0.167. The second-order valence-electron chi connectivity index (χ2n) is 3.72. The molecule has 82 valence electrons. The van der Waals surface area contributed by atoms with E-state index in [1.165, 1.54) is 0 Å². The maximum Gasteiger partial charge on any atom is 0.357 e. The van der Waals surface area contributed by atoms with Crippen LogP contribution in [0.4, 0.5) is 0 Å². The summed E-state index contributed by atoms with van der Waals surface area (Å²) in [6, 6.07) is 5.85. The average molecular weight is 217 g/mol. The van der Waals surface area contributed by atoms with Crippen molar-refractivity contribution in [2.45, 2.75) is 13.8 Å². The van der Waals surface area contributed by atoms with Gasteiger partial charge in [0, 0.05) is 5.56 Å². The van der Waals surface area contributed by atoms with Crippen LogP contribution in [-0.2, 0) is 0 Å². The molecule has 0 fully saturated rings. The van der Waals surface area contributed by atoms with Gasteiger partial charge in [-0.15, -0.1) is 0 Å². The molecule has 0 amide bonds. The first-order valence-electron chi connectivity index (χ1n) is 4.84. The molecule has 0 saturated heterocycles. The highest BCUT2D eigenvalue weighted by Crippen LogP contribution is 2.21. The molecule has 0 spiro atoms. The molecule has 4 nitrogen and oxygen atoms in total. The number of aromatic carboxylic acids is 1. The Labute approximate surface area is 92.6 Å². The number of benzene rings is 1. The van der Waals surface area contributed by atoms with Crippen LogP contribution in [0.5, 0.6) is 0 Å². The minimum atomic E-state index is -1.08. The third kappa shape index (κ3) is 1.95. The predicted molar refractivity (Wildman–Crippen MR) is 58.4 cm³/mol. The topological polar surface area (TPSA) is 63.3 Å². The van der Waals surface area contributed by atoms with E-state index in [0.717, 1.165) is 23.0 Å². The van der Waals surface area contributed by atoms with Crippen molar-refractivity contribution in [3.05, 3.63) is 41.3 Å². The third-order valence-corrected chi connectivity index (χ3v) is 2.19. The lowest BCUT2D eigenvalue weighted by atomic mass is 10.1. The minimum Gasteiger partial charge on any atom is -0.476 e. The van der Waals surface area contributed by atoms with Crippen molar-refractivity contribution in [3.8, 4) is 11.5 Å². The largest absolute Gasteiger partial charge is 0.476 e. The van der Waals surface area contributed by atoms with E-state index in [9.17, 15) is 4.79 Å². The fourth-order valence-electron chi connectivity index (χ4n) is 1.60. The fourth-order valence-corrected chi connectivity index (χ4v) is 1.60. The first-order valence-corrected chi connectivity index (χ1v) is 4.84. The highest BCUT2D eigenvalue weighted by atomic mass is 16.4. The molecule has 0 bridgehead atoms. The van der Waals surface area contributed by atoms with E-state index in [-0.39, 0.29) is 5.69 Å². The summed E-state index contributed by atoms with van der Waals surface area (Å²) in [7, 11) is 0. The molecule has 2 rings (SSSR count). The van der Waals surface area contributed by atoms with E-state index in [0.29, 0.717) is 5.89 Å². The van der Waals surface area contributed by atoms with Crippen LogP contribution in [0, 0.1) is 13.8 Å². The highest BCUT2D eigenvalue weighted by molar-refractivity contribution is 5.85. The first kappa shape index (κ1) is 10.4. The first-order chi connectivity index (χ1) is 7.56. The molecule has 16 heavy (non-hydrogen) atoms. The van der Waals surface area contributed by atoms with Crippen molar-refractivity contribution in [2.24, 2.45) is 0 Å². The number of hydrogen-bond acceptors (Lipinski definition) is 3. The van der Waals surface area contributed by atoms with E-state index in [1.807, 2.05) is 32.0 Å². The van der Waals surface area contributed by atoms with Gasteiger partial charge >= 0.3 is 5.97 Å². The molecule has 1 heterocycles. The number of aromatic nitrogens is 1. The Morgan fingerprint density at radius 3 is 2.38 bits per heavy atom. The molecule has 2 aromatic rings. The summed E-state index contributed by atoms with van der Waals surface area (Å²) < 4.78 is 5.13. The SMILES string of the molecule is Cc1cc(C)cc(-c2nc(C(=O)O)co2)c1. The summed E-state index contributed by atoms with van der Waals surface area (Å²) in [6.45, 7) is 3.94. The lowest BCUT2D eigenvalue weighted by molar-refractivity contribution is 0.0690. The molecule has 1 N–H and O–H groups in total. The van der Waals surface area contributed by atoms with Gasteiger partial charge in [-0.05, 0) is 26.0 Å². The second kappa shape index (κ2) is 3.81. The number of nitrogens with zero attached hydrogens (tertiary/aromatic N) is 1. The van der Waals surface area contributed by atoms with Gasteiger partial charge in [-0.1, -0.05) is 17.2 Å². The lowest BCUT2D eigenvalue weighted by Crippen LogP contribution is -1.95. The van der Waals surface area contributed by atoms with Gasteiger partial charge in [0.05, 0.1) is 0 Å². The van der Waals surface area contributed by atoms with Gasteiger partial charge in [-0.2, -0.15) is 0 Å². The molecule has 4 heteroatoms. The van der Waals surface area contributed by atoms with E-state index in [1.54, 1.807) is 0 Å². The molecule has 0 aliphatic rings. The van der Waals surface area contributed by atoms with Crippen LogP contribution >= 0.6 is 0 Å². The Morgan fingerprint density at radius 1 is 1.25 bits per heavy atom. The Hall–Kier alpha value is -2.10. The van der Waals surface area contributed by atoms with Crippen LogP contribution in [-0.4, -0.2) is 16.1 Å². The van der Waals surface area contributed by atoms with Crippen LogP contribution < -0.4 is 0 Å². The van der Waals surface area contributed by atoms with E-state index >= 15 is 0 Å². The Morgan fingerprint density at radius 2 is 1.88 bits per heavy atom. The molecule has 0 aliphatic carbocycles. The van der Waals surface area contributed by atoms with Crippen LogP contribution in [0.3, 0.4) is 0 Å². The van der Waals surface area contributed by atoms with Gasteiger partial charge in [-0.3, -0.25) is 0 Å². The van der Waals surface area contributed by atoms with Gasteiger partial charge in [-0.25, -0.2) is 9.78 Å². The quantitative estimate of drug-likeness (QED) is 0.839. The van der Waals surface area contributed by atoms with Crippen molar-refractivity contribution >= 4 is 5.97 Å². The van der Waals surface area contributed by atoms with Crippen LogP contribution in [0.2, 0.25) is 0 Å². The number of hydrogen-bond donors (Lipinski definition) is 1. The Kier molecular flexibility index (Phi) is 2.48. The van der Waals surface area contributed by atoms with Crippen LogP contribution in [0.15, 0.2) is 28.9 Å². The molecule has 1 aromatic heterocycles. The number of carboxylic acids is 1. The zero-order valence-electron chi connectivity index (χ0n) is 9.02. The smallest absolute Gasteiger partial charge is 0.357 e. The second-order valence-corrected chi connectivity index (χ2v) is 3.72. The average Bonchev–Trinajstić information content (AvgIpc) is 2.64. The van der Waals surface area contributed by atoms with Crippen molar-refractivity contribution < 1.29 is 14.3 Å². The number of oxazole rings is 1. The maximum atomic E-state index is 10.7. The van der Waals surface area contributed by atoms with E-state index < -0.39 is 5.97 Å². The van der Waals surface area contributed by atoms with Crippen LogP contribution in [0.1, 0.15) is 21.6 Å². The molecular weight excluding hydrogens is 206 g/mol. The van der Waals surface area contributed by atoms with Gasteiger partial charge in [0.15, 0.2) is 5.69 Å². The maximum absolute atomic E-state index is 10.7. The highest BCUT2D eigenvalue weighted by Gasteiger charge is 2.12. The van der Waals surface area contributed by atoms with E-state index in [2.05, 4.69) is 4.98 Å². The van der Waals surface area contributed by atoms with Gasteiger partial charge in [0.1, 0.15) is 6.26 Å². The predicted octanol–water partition coefficient (Wildman–Crippen LogP) is 2.66. The molecule has 0 radical (unpaired) electrons. The summed E-state index contributed by atoms with van der Waals surface area (Å²) >= 11 is 0. The number of carboxylic acid groups (broad SMARTS) is 1. The molecule has 0 atom stereocenters. The minimum absolute atomic E-state index is 0.0749. The standard InChI is InChI=1S/C12H11NO3/c1-7-3-8(2)5-9(4-7)11-13-10(6-16-11)12(14)15/h3-6H,1-2H3,(H,14,15). The van der Waals surface area contributed by atoms with Crippen molar-refractivity contribution in [1.29, 1.82) is 0 Å². The number of aryl methyl sites for hydroxylation is 2. The number of rotatable bonds is 2. The monoisotopic (exact) mass is 217 g/mol. The van der Waals surface area contributed by atoms with Crippen molar-refractivity contribution in [1.82, 2.24) is 4.98 Å². The lowest BCUT2D eigenvalue weighted by Gasteiger charge is -2.00. The van der Waals surface area contributed by atoms with E-state index in [4.69, 9.17) is 9.52 Å². The zero-order chi connectivity index (χ0) is 11.7. The van der Waals surface area contributed by atoms with Gasteiger partial charge in [0.2, 0.25) is 5.89 Å². The number of carbonyl (C=O) groups is 1. The molecule has 1 aromatic carbocycles. The summed E-state index contributed by atoms with van der Waals surface area (Å²) in [6.07, 6.45) is 1.15. The molecule has 0 aliphatic heterocycles. The Balaban J connectivity index is 2.46.